The number of carbonyl (C=O) groups is 1. The number of hydrogen-bond donors (Lipinski definition) is 2. The van der Waals surface area contributed by atoms with Crippen LogP contribution in [0.5, 0.6) is 0 Å². The van der Waals surface area contributed by atoms with Gasteiger partial charge in [0.15, 0.2) is 0 Å². The molecule has 1 atom stereocenters. The Kier molecular flexibility index (Phi) is 6.99. The van der Waals surface area contributed by atoms with Crippen molar-refractivity contribution in [1.82, 2.24) is 10.2 Å². The molecule has 0 aliphatic carbocycles. The zero-order valence-electron chi connectivity index (χ0n) is 10.1. The normalized spacial score (nSPS) is 14.3. The van der Waals surface area contributed by atoms with Crippen molar-refractivity contribution in [2.45, 2.75) is 26.3 Å². The molecule has 0 radical (unpaired) electrons. The molecular formula is C11H22N2O2. The standard InChI is InChI=1S/C11H22N2O2/c1-9(7-11(14)15)8-12-10(2)5-6-13(3)4/h7,10,12H,5-6,8H2,1-4H3,(H,14,15). The summed E-state index contributed by atoms with van der Waals surface area (Å²) in [6.07, 6.45) is 2.30. The summed E-state index contributed by atoms with van der Waals surface area (Å²) in [6.45, 7) is 5.61. The van der Waals surface area contributed by atoms with Crippen molar-refractivity contribution in [2.24, 2.45) is 0 Å². The average Bonchev–Trinajstić information content (AvgIpc) is 2.10. The van der Waals surface area contributed by atoms with Crippen LogP contribution in [-0.2, 0) is 4.79 Å². The van der Waals surface area contributed by atoms with E-state index in [1.54, 1.807) is 0 Å². The van der Waals surface area contributed by atoms with E-state index in [2.05, 4.69) is 17.1 Å². The molecule has 0 heterocycles. The highest BCUT2D eigenvalue weighted by atomic mass is 16.4. The summed E-state index contributed by atoms with van der Waals surface area (Å²) in [6, 6.07) is 0.407. The van der Waals surface area contributed by atoms with Crippen LogP contribution < -0.4 is 5.32 Å². The predicted octanol–water partition coefficient (Wildman–Crippen LogP) is 0.947. The Morgan fingerprint density at radius 3 is 2.60 bits per heavy atom. The van der Waals surface area contributed by atoms with Crippen molar-refractivity contribution in [3.63, 3.8) is 0 Å². The second-order valence-electron chi connectivity index (χ2n) is 4.20. The van der Waals surface area contributed by atoms with Crippen LogP contribution in [0.2, 0.25) is 0 Å². The van der Waals surface area contributed by atoms with Gasteiger partial charge in [0.2, 0.25) is 0 Å². The van der Waals surface area contributed by atoms with Crippen molar-refractivity contribution in [1.29, 1.82) is 0 Å². The van der Waals surface area contributed by atoms with Crippen molar-refractivity contribution >= 4 is 5.97 Å². The van der Waals surface area contributed by atoms with E-state index in [0.717, 1.165) is 18.5 Å². The molecule has 0 saturated heterocycles. The Balaban J connectivity index is 3.70. The summed E-state index contributed by atoms with van der Waals surface area (Å²) in [7, 11) is 4.09. The van der Waals surface area contributed by atoms with Gasteiger partial charge in [0.05, 0.1) is 0 Å². The molecule has 4 heteroatoms. The number of carboxylic acids is 1. The number of nitrogens with one attached hydrogen (secondary N) is 1. The maximum absolute atomic E-state index is 10.4. The minimum Gasteiger partial charge on any atom is -0.478 e. The molecule has 0 amide bonds. The van der Waals surface area contributed by atoms with E-state index in [1.165, 1.54) is 6.08 Å². The highest BCUT2D eigenvalue weighted by Gasteiger charge is 2.02. The van der Waals surface area contributed by atoms with E-state index in [-0.39, 0.29) is 0 Å². The number of rotatable bonds is 7. The largest absolute Gasteiger partial charge is 0.478 e. The van der Waals surface area contributed by atoms with Crippen LogP contribution >= 0.6 is 0 Å². The third-order valence-corrected chi connectivity index (χ3v) is 2.11. The van der Waals surface area contributed by atoms with Crippen molar-refractivity contribution in [2.75, 3.05) is 27.2 Å². The molecule has 4 nitrogen and oxygen atoms in total. The SMILES string of the molecule is CC(=CC(=O)O)CNC(C)CCN(C)C. The van der Waals surface area contributed by atoms with Crippen molar-refractivity contribution in [3.8, 4) is 0 Å². The zero-order valence-corrected chi connectivity index (χ0v) is 10.1. The average molecular weight is 214 g/mol. The van der Waals surface area contributed by atoms with E-state index in [1.807, 2.05) is 21.0 Å². The van der Waals surface area contributed by atoms with Gasteiger partial charge in [-0.05, 0) is 40.9 Å². The monoisotopic (exact) mass is 214 g/mol. The fourth-order valence-electron chi connectivity index (χ4n) is 1.15. The lowest BCUT2D eigenvalue weighted by Gasteiger charge is -2.16. The van der Waals surface area contributed by atoms with Crippen LogP contribution in [0.15, 0.2) is 11.6 Å². The molecule has 2 N–H and O–H groups in total. The lowest BCUT2D eigenvalue weighted by atomic mass is 10.2. The number of hydrogen-bond acceptors (Lipinski definition) is 3. The molecule has 0 aromatic carbocycles. The number of aliphatic carboxylic acids is 1. The summed E-state index contributed by atoms with van der Waals surface area (Å²) in [5, 5.41) is 11.8. The van der Waals surface area contributed by atoms with Gasteiger partial charge in [-0.15, -0.1) is 0 Å². The second-order valence-corrected chi connectivity index (χ2v) is 4.20. The van der Waals surface area contributed by atoms with E-state index in [9.17, 15) is 4.79 Å². The molecule has 0 fully saturated rings. The highest BCUT2D eigenvalue weighted by molar-refractivity contribution is 5.80. The van der Waals surface area contributed by atoms with Crippen molar-refractivity contribution < 1.29 is 9.90 Å². The number of carboxylic acid groups (broad SMARTS) is 1. The van der Waals surface area contributed by atoms with Gasteiger partial charge in [-0.25, -0.2) is 4.79 Å². The molecule has 15 heavy (non-hydrogen) atoms. The molecule has 0 aromatic rings. The Bertz CT molecular complexity index is 225. The Labute approximate surface area is 92.0 Å². The van der Waals surface area contributed by atoms with Crippen LogP contribution in [0, 0.1) is 0 Å². The van der Waals surface area contributed by atoms with Crippen molar-refractivity contribution in [3.05, 3.63) is 11.6 Å². The maximum Gasteiger partial charge on any atom is 0.328 e. The van der Waals surface area contributed by atoms with E-state index >= 15 is 0 Å². The van der Waals surface area contributed by atoms with Gasteiger partial charge in [0.1, 0.15) is 0 Å². The van der Waals surface area contributed by atoms with Gasteiger partial charge in [-0.1, -0.05) is 5.57 Å². The highest BCUT2D eigenvalue weighted by Crippen LogP contribution is 1.95. The molecule has 0 rings (SSSR count). The number of nitrogens with zero attached hydrogens (tertiary/aromatic N) is 1. The maximum atomic E-state index is 10.4. The van der Waals surface area contributed by atoms with Gasteiger partial charge in [-0.2, -0.15) is 0 Å². The summed E-state index contributed by atoms with van der Waals surface area (Å²) in [5.74, 6) is -0.879. The quantitative estimate of drug-likeness (QED) is 0.619. The van der Waals surface area contributed by atoms with E-state index in [0.29, 0.717) is 12.6 Å². The van der Waals surface area contributed by atoms with E-state index < -0.39 is 5.97 Å². The third kappa shape index (κ3) is 9.43. The summed E-state index contributed by atoms with van der Waals surface area (Å²) < 4.78 is 0. The van der Waals surface area contributed by atoms with Crippen LogP contribution in [0.25, 0.3) is 0 Å². The topological polar surface area (TPSA) is 52.6 Å². The fraction of sp³-hybridized carbons (Fsp3) is 0.727. The second kappa shape index (κ2) is 7.43. The minimum absolute atomic E-state index is 0.407. The molecular weight excluding hydrogens is 192 g/mol. The first-order valence-corrected chi connectivity index (χ1v) is 5.20. The first-order chi connectivity index (χ1) is 6.91. The van der Waals surface area contributed by atoms with Crippen LogP contribution in [0.3, 0.4) is 0 Å². The Morgan fingerprint density at radius 2 is 2.13 bits per heavy atom. The fourth-order valence-corrected chi connectivity index (χ4v) is 1.15. The molecule has 0 aromatic heterocycles. The molecule has 0 aliphatic rings. The smallest absolute Gasteiger partial charge is 0.328 e. The van der Waals surface area contributed by atoms with E-state index in [4.69, 9.17) is 5.11 Å². The van der Waals surface area contributed by atoms with Crippen LogP contribution in [0.1, 0.15) is 20.3 Å². The third-order valence-electron chi connectivity index (χ3n) is 2.11. The molecule has 1 unspecified atom stereocenters. The van der Waals surface area contributed by atoms with Gasteiger partial charge >= 0.3 is 5.97 Å². The van der Waals surface area contributed by atoms with Gasteiger partial charge in [0, 0.05) is 18.7 Å². The van der Waals surface area contributed by atoms with Gasteiger partial charge in [0.25, 0.3) is 0 Å². The lowest BCUT2D eigenvalue weighted by Crippen LogP contribution is -2.31. The summed E-state index contributed by atoms with van der Waals surface area (Å²) >= 11 is 0. The summed E-state index contributed by atoms with van der Waals surface area (Å²) in [4.78, 5) is 12.5. The van der Waals surface area contributed by atoms with Gasteiger partial charge in [-0.3, -0.25) is 0 Å². The first kappa shape index (κ1) is 14.1. The predicted molar refractivity (Wildman–Crippen MR) is 62.0 cm³/mol. The Hall–Kier alpha value is -0.870. The van der Waals surface area contributed by atoms with Crippen LogP contribution in [0.4, 0.5) is 0 Å². The molecule has 0 saturated carbocycles. The molecule has 0 bridgehead atoms. The zero-order chi connectivity index (χ0) is 11.8. The molecule has 0 spiro atoms. The minimum atomic E-state index is -0.879. The first-order valence-electron chi connectivity index (χ1n) is 5.20. The summed E-state index contributed by atoms with van der Waals surface area (Å²) in [5.41, 5.74) is 0.846. The molecule has 0 aliphatic heterocycles. The van der Waals surface area contributed by atoms with Gasteiger partial charge < -0.3 is 15.3 Å². The molecule has 88 valence electrons. The Morgan fingerprint density at radius 1 is 1.53 bits per heavy atom. The lowest BCUT2D eigenvalue weighted by molar-refractivity contribution is -0.131. The van der Waals surface area contributed by atoms with Crippen LogP contribution in [-0.4, -0.2) is 49.2 Å².